The maximum atomic E-state index is 12.2. The fourth-order valence-electron chi connectivity index (χ4n) is 2.28. The first kappa shape index (κ1) is 14.3. The molecule has 1 aromatic heterocycles. The standard InChI is InChI=1S/C16H17N3O3/c20-15(21)7-12-2-1-3-14(6-12)18-16(22)13-8-17-19(10-13)9-11-4-5-11/h1-3,6,8,10-11H,4-5,7,9H2,(H,18,22)(H,20,21). The summed E-state index contributed by atoms with van der Waals surface area (Å²) in [5.41, 5.74) is 1.73. The van der Waals surface area contributed by atoms with Crippen LogP contribution in [0.15, 0.2) is 36.7 Å². The molecule has 114 valence electrons. The van der Waals surface area contributed by atoms with E-state index in [1.165, 1.54) is 12.8 Å². The summed E-state index contributed by atoms with van der Waals surface area (Å²) < 4.78 is 1.80. The number of aromatic nitrogens is 2. The summed E-state index contributed by atoms with van der Waals surface area (Å²) in [5, 5.41) is 15.8. The summed E-state index contributed by atoms with van der Waals surface area (Å²) in [4.78, 5) is 22.9. The molecule has 1 amide bonds. The third-order valence-electron chi connectivity index (χ3n) is 3.58. The quantitative estimate of drug-likeness (QED) is 0.856. The normalized spacial score (nSPS) is 13.8. The molecule has 0 saturated heterocycles. The lowest BCUT2D eigenvalue weighted by atomic mass is 10.1. The van der Waals surface area contributed by atoms with Crippen molar-refractivity contribution in [3.8, 4) is 0 Å². The number of nitrogens with one attached hydrogen (secondary N) is 1. The van der Waals surface area contributed by atoms with Gasteiger partial charge in [0.05, 0.1) is 18.2 Å². The number of carbonyl (C=O) groups excluding carboxylic acids is 1. The van der Waals surface area contributed by atoms with Crippen LogP contribution in [0.2, 0.25) is 0 Å². The van der Waals surface area contributed by atoms with Crippen molar-refractivity contribution in [2.75, 3.05) is 5.32 Å². The van der Waals surface area contributed by atoms with E-state index in [-0.39, 0.29) is 12.3 Å². The van der Waals surface area contributed by atoms with Gasteiger partial charge in [0.25, 0.3) is 5.91 Å². The molecule has 1 heterocycles. The van der Waals surface area contributed by atoms with Crippen LogP contribution in [0.1, 0.15) is 28.8 Å². The molecule has 1 fully saturated rings. The Bertz CT molecular complexity index is 704. The Balaban J connectivity index is 1.65. The minimum Gasteiger partial charge on any atom is -0.481 e. The van der Waals surface area contributed by atoms with Crippen LogP contribution < -0.4 is 5.32 Å². The summed E-state index contributed by atoms with van der Waals surface area (Å²) in [5.74, 6) is -0.442. The van der Waals surface area contributed by atoms with Gasteiger partial charge in [-0.15, -0.1) is 0 Å². The highest BCUT2D eigenvalue weighted by atomic mass is 16.4. The zero-order chi connectivity index (χ0) is 15.5. The molecule has 1 aliphatic carbocycles. The largest absolute Gasteiger partial charge is 0.481 e. The maximum absolute atomic E-state index is 12.2. The first-order valence-corrected chi connectivity index (χ1v) is 7.25. The lowest BCUT2D eigenvalue weighted by Crippen LogP contribution is -2.11. The predicted molar refractivity (Wildman–Crippen MR) is 80.7 cm³/mol. The van der Waals surface area contributed by atoms with E-state index in [1.54, 1.807) is 41.3 Å². The summed E-state index contributed by atoms with van der Waals surface area (Å²) >= 11 is 0. The number of carboxylic acid groups (broad SMARTS) is 1. The molecule has 2 N–H and O–H groups in total. The van der Waals surface area contributed by atoms with Gasteiger partial charge in [0.2, 0.25) is 0 Å². The van der Waals surface area contributed by atoms with Crippen molar-refractivity contribution in [1.82, 2.24) is 9.78 Å². The van der Waals surface area contributed by atoms with Gasteiger partial charge in [0.1, 0.15) is 0 Å². The zero-order valence-corrected chi connectivity index (χ0v) is 12.0. The van der Waals surface area contributed by atoms with Gasteiger partial charge < -0.3 is 10.4 Å². The summed E-state index contributed by atoms with van der Waals surface area (Å²) in [6, 6.07) is 6.85. The molecule has 0 bridgehead atoms. The smallest absolute Gasteiger partial charge is 0.307 e. The van der Waals surface area contributed by atoms with Gasteiger partial charge in [-0.1, -0.05) is 12.1 Å². The summed E-state index contributed by atoms with van der Waals surface area (Å²) in [6.07, 6.45) is 5.70. The van der Waals surface area contributed by atoms with Crippen LogP contribution in [0.5, 0.6) is 0 Å². The average molecular weight is 299 g/mol. The number of hydrogen-bond acceptors (Lipinski definition) is 3. The second-order valence-electron chi connectivity index (χ2n) is 5.62. The van der Waals surface area contributed by atoms with Gasteiger partial charge in [0, 0.05) is 18.4 Å². The highest BCUT2D eigenvalue weighted by Crippen LogP contribution is 2.30. The fourth-order valence-corrected chi connectivity index (χ4v) is 2.28. The maximum Gasteiger partial charge on any atom is 0.307 e. The molecule has 22 heavy (non-hydrogen) atoms. The van der Waals surface area contributed by atoms with E-state index < -0.39 is 5.97 Å². The van der Waals surface area contributed by atoms with Crippen molar-refractivity contribution in [1.29, 1.82) is 0 Å². The minimum absolute atomic E-state index is 0.0664. The van der Waals surface area contributed by atoms with E-state index in [2.05, 4.69) is 10.4 Å². The third-order valence-corrected chi connectivity index (χ3v) is 3.58. The number of nitrogens with zero attached hydrogens (tertiary/aromatic N) is 2. The molecule has 6 nitrogen and oxygen atoms in total. The Morgan fingerprint density at radius 1 is 1.36 bits per heavy atom. The summed E-state index contributed by atoms with van der Waals surface area (Å²) in [6.45, 7) is 0.862. The van der Waals surface area contributed by atoms with E-state index in [9.17, 15) is 9.59 Å². The first-order chi connectivity index (χ1) is 10.6. The van der Waals surface area contributed by atoms with Crippen LogP contribution in [0.25, 0.3) is 0 Å². The van der Waals surface area contributed by atoms with Crippen LogP contribution in [0, 0.1) is 5.92 Å². The predicted octanol–water partition coefficient (Wildman–Crippen LogP) is 2.17. The van der Waals surface area contributed by atoms with Crippen LogP contribution in [0.4, 0.5) is 5.69 Å². The van der Waals surface area contributed by atoms with E-state index in [0.717, 1.165) is 6.54 Å². The number of amides is 1. The molecular weight excluding hydrogens is 282 g/mol. The number of benzene rings is 1. The number of carboxylic acids is 1. The SMILES string of the molecule is O=C(O)Cc1cccc(NC(=O)c2cnn(CC3CC3)c2)c1. The van der Waals surface area contributed by atoms with Gasteiger partial charge in [0.15, 0.2) is 0 Å². The molecule has 0 spiro atoms. The van der Waals surface area contributed by atoms with Crippen LogP contribution in [-0.2, 0) is 17.8 Å². The fraction of sp³-hybridized carbons (Fsp3) is 0.312. The Hall–Kier alpha value is -2.63. The molecule has 3 rings (SSSR count). The zero-order valence-electron chi connectivity index (χ0n) is 12.0. The second-order valence-corrected chi connectivity index (χ2v) is 5.62. The number of carbonyl (C=O) groups is 2. The number of hydrogen-bond donors (Lipinski definition) is 2. The molecule has 0 aliphatic heterocycles. The lowest BCUT2D eigenvalue weighted by molar-refractivity contribution is -0.136. The molecule has 0 radical (unpaired) electrons. The molecule has 1 saturated carbocycles. The van der Waals surface area contributed by atoms with Crippen molar-refractivity contribution < 1.29 is 14.7 Å². The van der Waals surface area contributed by atoms with Gasteiger partial charge >= 0.3 is 5.97 Å². The minimum atomic E-state index is -0.898. The lowest BCUT2D eigenvalue weighted by Gasteiger charge is -2.05. The van der Waals surface area contributed by atoms with Gasteiger partial charge in [-0.25, -0.2) is 0 Å². The Morgan fingerprint density at radius 3 is 2.91 bits per heavy atom. The molecule has 0 atom stereocenters. The first-order valence-electron chi connectivity index (χ1n) is 7.25. The van der Waals surface area contributed by atoms with Crippen LogP contribution in [-0.4, -0.2) is 26.8 Å². The Morgan fingerprint density at radius 2 is 2.18 bits per heavy atom. The number of anilines is 1. The van der Waals surface area contributed by atoms with Crippen molar-refractivity contribution in [2.24, 2.45) is 5.92 Å². The van der Waals surface area contributed by atoms with Gasteiger partial charge in [-0.05, 0) is 36.5 Å². The average Bonchev–Trinajstić information content (AvgIpc) is 3.13. The van der Waals surface area contributed by atoms with Crippen molar-refractivity contribution in [3.05, 3.63) is 47.8 Å². The van der Waals surface area contributed by atoms with Gasteiger partial charge in [-0.3, -0.25) is 14.3 Å². The second kappa shape index (κ2) is 6.01. The third kappa shape index (κ3) is 3.72. The Labute approximate surface area is 127 Å². The molecular formula is C16H17N3O3. The molecule has 1 aliphatic rings. The van der Waals surface area contributed by atoms with E-state index in [0.29, 0.717) is 22.7 Å². The van der Waals surface area contributed by atoms with Crippen molar-refractivity contribution in [2.45, 2.75) is 25.8 Å². The van der Waals surface area contributed by atoms with Crippen molar-refractivity contribution in [3.63, 3.8) is 0 Å². The molecule has 6 heteroatoms. The number of rotatable bonds is 6. The molecule has 2 aromatic rings. The highest BCUT2D eigenvalue weighted by molar-refractivity contribution is 6.04. The topological polar surface area (TPSA) is 84.2 Å². The van der Waals surface area contributed by atoms with E-state index >= 15 is 0 Å². The van der Waals surface area contributed by atoms with Crippen LogP contribution >= 0.6 is 0 Å². The van der Waals surface area contributed by atoms with E-state index in [4.69, 9.17) is 5.11 Å². The molecule has 0 unspecified atom stereocenters. The summed E-state index contributed by atoms with van der Waals surface area (Å²) in [7, 11) is 0. The highest BCUT2D eigenvalue weighted by Gasteiger charge is 2.22. The van der Waals surface area contributed by atoms with E-state index in [1.807, 2.05) is 0 Å². The van der Waals surface area contributed by atoms with Crippen LogP contribution in [0.3, 0.4) is 0 Å². The monoisotopic (exact) mass is 299 g/mol. The van der Waals surface area contributed by atoms with Gasteiger partial charge in [-0.2, -0.15) is 5.10 Å². The van der Waals surface area contributed by atoms with Crippen molar-refractivity contribution >= 4 is 17.6 Å². The number of aliphatic carboxylic acids is 1. The Kier molecular flexibility index (Phi) is 3.91. The molecule has 1 aromatic carbocycles.